The Kier molecular flexibility index (Phi) is 3.42. The van der Waals surface area contributed by atoms with Crippen molar-refractivity contribution < 1.29 is 4.39 Å². The highest BCUT2D eigenvalue weighted by Crippen LogP contribution is 2.24. The number of benzene rings is 1. The molecule has 1 N–H and O–H groups in total. The third-order valence-corrected chi connectivity index (χ3v) is 3.18. The minimum absolute atomic E-state index is 0.0828. The van der Waals surface area contributed by atoms with Crippen molar-refractivity contribution in [2.75, 3.05) is 5.32 Å². The zero-order valence-corrected chi connectivity index (χ0v) is 11.5. The van der Waals surface area contributed by atoms with Gasteiger partial charge in [-0.05, 0) is 44.0 Å². The van der Waals surface area contributed by atoms with Gasteiger partial charge in [0.2, 0.25) is 0 Å². The third kappa shape index (κ3) is 2.52. The number of pyridine rings is 1. The molecule has 2 rings (SSSR count). The van der Waals surface area contributed by atoms with Crippen LogP contribution >= 0.6 is 0 Å². The van der Waals surface area contributed by atoms with Crippen LogP contribution in [-0.2, 0) is 7.05 Å². The van der Waals surface area contributed by atoms with Crippen LogP contribution in [0.4, 0.5) is 15.8 Å². The fourth-order valence-corrected chi connectivity index (χ4v) is 2.13. The Morgan fingerprint density at radius 3 is 2.53 bits per heavy atom. The van der Waals surface area contributed by atoms with Gasteiger partial charge in [0, 0.05) is 18.8 Å². The van der Waals surface area contributed by atoms with Gasteiger partial charge in [-0.3, -0.25) is 4.79 Å². The minimum atomic E-state index is -0.320. The van der Waals surface area contributed by atoms with E-state index in [1.807, 2.05) is 19.9 Å². The molecule has 0 aliphatic heterocycles. The van der Waals surface area contributed by atoms with Crippen molar-refractivity contribution in [1.29, 1.82) is 0 Å². The molecule has 0 saturated carbocycles. The molecule has 2 aromatic rings. The van der Waals surface area contributed by atoms with Crippen molar-refractivity contribution in [3.63, 3.8) is 0 Å². The fraction of sp³-hybridized carbons (Fsp3) is 0.267. The molecule has 0 amide bonds. The molecule has 0 spiro atoms. The van der Waals surface area contributed by atoms with Crippen LogP contribution in [0.5, 0.6) is 0 Å². The number of halogens is 1. The molecular formula is C15H17FN2O. The van der Waals surface area contributed by atoms with Crippen molar-refractivity contribution in [2.24, 2.45) is 7.05 Å². The van der Waals surface area contributed by atoms with Gasteiger partial charge in [0.1, 0.15) is 5.82 Å². The summed E-state index contributed by atoms with van der Waals surface area (Å²) in [6.07, 6.45) is 1.74. The number of aryl methyl sites for hydroxylation is 3. The molecule has 0 radical (unpaired) electrons. The molecule has 0 fully saturated rings. The van der Waals surface area contributed by atoms with Crippen molar-refractivity contribution in [3.8, 4) is 0 Å². The van der Waals surface area contributed by atoms with E-state index in [0.717, 1.165) is 11.1 Å². The largest absolute Gasteiger partial charge is 0.352 e. The zero-order chi connectivity index (χ0) is 14.2. The first-order chi connectivity index (χ1) is 8.90. The molecule has 3 nitrogen and oxygen atoms in total. The fourth-order valence-electron chi connectivity index (χ4n) is 2.13. The maximum Gasteiger partial charge on any atom is 0.255 e. The number of hydrogen-bond donors (Lipinski definition) is 1. The van der Waals surface area contributed by atoms with E-state index in [1.54, 1.807) is 26.2 Å². The molecule has 0 aliphatic carbocycles. The van der Waals surface area contributed by atoms with E-state index < -0.39 is 0 Å². The Morgan fingerprint density at radius 2 is 1.89 bits per heavy atom. The number of hydrogen-bond acceptors (Lipinski definition) is 2. The van der Waals surface area contributed by atoms with Crippen LogP contribution in [0.15, 0.2) is 29.2 Å². The summed E-state index contributed by atoms with van der Waals surface area (Å²) in [5.41, 5.74) is 3.32. The van der Waals surface area contributed by atoms with Gasteiger partial charge in [0.25, 0.3) is 5.56 Å². The SMILES string of the molecule is Cc1ccc(Nc2c(C)cn(C)c(=O)c2C)c(F)c1. The summed E-state index contributed by atoms with van der Waals surface area (Å²) in [7, 11) is 1.71. The number of aromatic nitrogens is 1. The van der Waals surface area contributed by atoms with Gasteiger partial charge < -0.3 is 9.88 Å². The summed E-state index contributed by atoms with van der Waals surface area (Å²) >= 11 is 0. The van der Waals surface area contributed by atoms with Gasteiger partial charge in [-0.1, -0.05) is 6.07 Å². The summed E-state index contributed by atoms with van der Waals surface area (Å²) in [5, 5.41) is 3.02. The van der Waals surface area contributed by atoms with E-state index in [2.05, 4.69) is 5.32 Å². The number of rotatable bonds is 2. The Balaban J connectivity index is 2.50. The average Bonchev–Trinajstić information content (AvgIpc) is 2.34. The lowest BCUT2D eigenvalue weighted by Crippen LogP contribution is -2.21. The van der Waals surface area contributed by atoms with Gasteiger partial charge in [-0.15, -0.1) is 0 Å². The predicted octanol–water partition coefficient (Wildman–Crippen LogP) is 3.19. The molecule has 1 heterocycles. The van der Waals surface area contributed by atoms with Crippen molar-refractivity contribution in [1.82, 2.24) is 4.57 Å². The van der Waals surface area contributed by atoms with Crippen molar-refractivity contribution in [2.45, 2.75) is 20.8 Å². The summed E-state index contributed by atoms with van der Waals surface area (Å²) in [5.74, 6) is -0.320. The first-order valence-electron chi connectivity index (χ1n) is 6.10. The zero-order valence-electron chi connectivity index (χ0n) is 11.5. The van der Waals surface area contributed by atoms with Crippen LogP contribution < -0.4 is 10.9 Å². The summed E-state index contributed by atoms with van der Waals surface area (Å²) in [6.45, 7) is 5.46. The van der Waals surface area contributed by atoms with Crippen LogP contribution in [0.25, 0.3) is 0 Å². The average molecular weight is 260 g/mol. The summed E-state index contributed by atoms with van der Waals surface area (Å²) in [6, 6.07) is 4.98. The van der Waals surface area contributed by atoms with Crippen LogP contribution in [-0.4, -0.2) is 4.57 Å². The maximum atomic E-state index is 13.8. The molecular weight excluding hydrogens is 243 g/mol. The molecule has 19 heavy (non-hydrogen) atoms. The lowest BCUT2D eigenvalue weighted by atomic mass is 10.1. The second-order valence-electron chi connectivity index (χ2n) is 4.84. The number of nitrogens with zero attached hydrogens (tertiary/aromatic N) is 1. The van der Waals surface area contributed by atoms with Gasteiger partial charge in [0.05, 0.1) is 11.4 Å². The normalized spacial score (nSPS) is 10.6. The maximum absolute atomic E-state index is 13.8. The monoisotopic (exact) mass is 260 g/mol. The summed E-state index contributed by atoms with van der Waals surface area (Å²) < 4.78 is 15.4. The smallest absolute Gasteiger partial charge is 0.255 e. The van der Waals surface area contributed by atoms with E-state index in [4.69, 9.17) is 0 Å². The molecule has 4 heteroatoms. The highest BCUT2D eigenvalue weighted by Gasteiger charge is 2.10. The lowest BCUT2D eigenvalue weighted by Gasteiger charge is -2.14. The molecule has 0 bridgehead atoms. The molecule has 0 atom stereocenters. The van der Waals surface area contributed by atoms with Gasteiger partial charge in [-0.2, -0.15) is 0 Å². The van der Waals surface area contributed by atoms with Crippen LogP contribution in [0.3, 0.4) is 0 Å². The number of nitrogens with one attached hydrogen (secondary N) is 1. The van der Waals surface area contributed by atoms with E-state index in [-0.39, 0.29) is 11.4 Å². The van der Waals surface area contributed by atoms with E-state index in [0.29, 0.717) is 16.9 Å². The standard InChI is InChI=1S/C15H17FN2O/c1-9-5-6-13(12(16)7-9)17-14-10(2)8-18(4)15(19)11(14)3/h5-8,17H,1-4H3. The molecule has 1 aromatic heterocycles. The Labute approximate surface area is 111 Å². The van der Waals surface area contributed by atoms with Crippen LogP contribution in [0.1, 0.15) is 16.7 Å². The molecule has 0 aliphatic rings. The molecule has 0 saturated heterocycles. The highest BCUT2D eigenvalue weighted by molar-refractivity contribution is 5.66. The van der Waals surface area contributed by atoms with Gasteiger partial charge >= 0.3 is 0 Å². The Morgan fingerprint density at radius 1 is 1.21 bits per heavy atom. The minimum Gasteiger partial charge on any atom is -0.352 e. The first-order valence-corrected chi connectivity index (χ1v) is 6.10. The topological polar surface area (TPSA) is 34.0 Å². The Bertz CT molecular complexity index is 689. The molecule has 100 valence electrons. The van der Waals surface area contributed by atoms with E-state index in [9.17, 15) is 9.18 Å². The second kappa shape index (κ2) is 4.88. The first kappa shape index (κ1) is 13.3. The lowest BCUT2D eigenvalue weighted by molar-refractivity contribution is 0.630. The van der Waals surface area contributed by atoms with Crippen LogP contribution in [0.2, 0.25) is 0 Å². The van der Waals surface area contributed by atoms with Crippen molar-refractivity contribution in [3.05, 3.63) is 57.3 Å². The van der Waals surface area contributed by atoms with E-state index in [1.165, 1.54) is 10.6 Å². The third-order valence-electron chi connectivity index (χ3n) is 3.18. The molecule has 1 aromatic carbocycles. The number of anilines is 2. The molecule has 0 unspecified atom stereocenters. The van der Waals surface area contributed by atoms with Crippen LogP contribution in [0, 0.1) is 26.6 Å². The predicted molar refractivity (Wildman–Crippen MR) is 75.6 cm³/mol. The second-order valence-corrected chi connectivity index (χ2v) is 4.84. The van der Waals surface area contributed by atoms with Gasteiger partial charge in [-0.25, -0.2) is 4.39 Å². The van der Waals surface area contributed by atoms with Gasteiger partial charge in [0.15, 0.2) is 0 Å². The summed E-state index contributed by atoms with van der Waals surface area (Å²) in [4.78, 5) is 11.9. The highest BCUT2D eigenvalue weighted by atomic mass is 19.1. The Hall–Kier alpha value is -2.10. The quantitative estimate of drug-likeness (QED) is 0.899. The van der Waals surface area contributed by atoms with Crippen molar-refractivity contribution >= 4 is 11.4 Å². The van der Waals surface area contributed by atoms with E-state index >= 15 is 0 Å².